The van der Waals surface area contributed by atoms with Gasteiger partial charge in [-0.2, -0.15) is 11.1 Å². The molecule has 0 radical (unpaired) electrons. The summed E-state index contributed by atoms with van der Waals surface area (Å²) in [5, 5.41) is 0. The van der Waals surface area contributed by atoms with Crippen molar-refractivity contribution in [1.29, 1.82) is 0 Å². The number of likely N-dealkylation sites (N-methyl/N-ethyl adjacent to an activating group) is 3. The minimum absolute atomic E-state index is 0. The van der Waals surface area contributed by atoms with Crippen molar-refractivity contribution in [2.24, 2.45) is 5.41 Å². The van der Waals surface area contributed by atoms with Gasteiger partial charge in [0.1, 0.15) is 0 Å². The van der Waals surface area contributed by atoms with E-state index < -0.39 is 0 Å². The minimum atomic E-state index is 0. The molecule has 35 heavy (non-hydrogen) atoms. The number of rotatable bonds is 12. The van der Waals surface area contributed by atoms with Crippen molar-refractivity contribution in [1.82, 2.24) is 14.7 Å². The quantitative estimate of drug-likeness (QED) is 0.178. The van der Waals surface area contributed by atoms with E-state index in [9.17, 15) is 0 Å². The molecule has 0 bridgehead atoms. The number of allylic oxidation sites excluding steroid dienone is 4. The third-order valence-electron chi connectivity index (χ3n) is 6.41. The maximum atomic E-state index is 3.65. The van der Waals surface area contributed by atoms with Crippen LogP contribution in [0.1, 0.15) is 76.2 Å². The van der Waals surface area contributed by atoms with E-state index in [-0.39, 0.29) is 31.6 Å². The van der Waals surface area contributed by atoms with Crippen LogP contribution in [-0.4, -0.2) is 73.6 Å². The smallest absolute Gasteiger partial charge is 0.0160 e. The van der Waals surface area contributed by atoms with Crippen molar-refractivity contribution in [2.75, 3.05) is 58.9 Å². The first kappa shape index (κ1) is 41.6. The first-order chi connectivity index (χ1) is 16.0. The molecule has 0 aromatic rings. The van der Waals surface area contributed by atoms with Crippen molar-refractivity contribution in [2.45, 2.75) is 76.2 Å². The molecule has 0 saturated heterocycles. The molecule has 1 aliphatic carbocycles. The Balaban J connectivity index is -0.000000183. The fourth-order valence-corrected chi connectivity index (χ4v) is 3.40. The molecule has 0 aromatic carbocycles. The zero-order valence-electron chi connectivity index (χ0n) is 25.6. The molecule has 0 saturated carbocycles. The molecule has 0 fully saturated rings. The molecule has 1 rings (SSSR count). The summed E-state index contributed by atoms with van der Waals surface area (Å²) in [4.78, 5) is 6.94. The maximum absolute atomic E-state index is 3.65. The molecule has 0 amide bonds. The predicted molar refractivity (Wildman–Crippen MR) is 159 cm³/mol. The Bertz CT molecular complexity index is 535. The van der Waals surface area contributed by atoms with E-state index in [0.29, 0.717) is 0 Å². The van der Waals surface area contributed by atoms with Gasteiger partial charge in [-0.15, -0.1) is 26.7 Å². The second-order valence-electron chi connectivity index (χ2n) is 8.95. The Morgan fingerprint density at radius 3 is 0.943 bits per heavy atom. The number of hydrogen-bond donors (Lipinski definition) is 0. The molecule has 204 valence electrons. The summed E-state index contributed by atoms with van der Waals surface area (Å²) < 4.78 is 0. The summed E-state index contributed by atoms with van der Waals surface area (Å²) in [6.07, 6.45) is 9.25. The zero-order valence-corrected chi connectivity index (χ0v) is 28.0. The van der Waals surface area contributed by atoms with Gasteiger partial charge in [0.15, 0.2) is 0 Å². The molecule has 4 heteroatoms. The second-order valence-corrected chi connectivity index (χ2v) is 8.95. The van der Waals surface area contributed by atoms with Crippen molar-refractivity contribution >= 4 is 0 Å². The summed E-state index contributed by atoms with van der Waals surface area (Å²) >= 11 is 0. The van der Waals surface area contributed by atoms with E-state index in [0.717, 1.165) is 58.9 Å². The summed E-state index contributed by atoms with van der Waals surface area (Å²) in [6, 6.07) is 0. The van der Waals surface area contributed by atoms with E-state index in [4.69, 9.17) is 0 Å². The van der Waals surface area contributed by atoms with E-state index in [1.165, 1.54) is 16.7 Å². The van der Waals surface area contributed by atoms with E-state index in [1.54, 1.807) is 0 Å². The minimum Gasteiger partial charge on any atom is -0.300 e. The average molecular weight is 566 g/mol. The van der Waals surface area contributed by atoms with Crippen LogP contribution in [0.5, 0.6) is 0 Å². The van der Waals surface area contributed by atoms with Gasteiger partial charge in [0.2, 0.25) is 0 Å². The maximum Gasteiger partial charge on any atom is 0.0160 e. The second kappa shape index (κ2) is 26.5. The van der Waals surface area contributed by atoms with Gasteiger partial charge in [0, 0.05) is 45.8 Å². The van der Waals surface area contributed by atoms with Gasteiger partial charge >= 0.3 is 0 Å². The molecule has 0 heterocycles. The van der Waals surface area contributed by atoms with Crippen LogP contribution in [0.3, 0.4) is 0 Å². The van der Waals surface area contributed by atoms with Crippen LogP contribution >= 0.6 is 0 Å². The Morgan fingerprint density at radius 2 is 0.886 bits per heavy atom. The van der Waals surface area contributed by atoms with E-state index in [1.807, 2.05) is 18.2 Å². The molecule has 0 aliphatic heterocycles. The van der Waals surface area contributed by atoms with Crippen LogP contribution in [0.4, 0.5) is 0 Å². The summed E-state index contributed by atoms with van der Waals surface area (Å²) in [7, 11) is 0. The van der Waals surface area contributed by atoms with Gasteiger partial charge in [0.25, 0.3) is 0 Å². The van der Waals surface area contributed by atoms with Gasteiger partial charge in [-0.1, -0.05) is 92.9 Å². The van der Waals surface area contributed by atoms with Crippen molar-refractivity contribution in [3.63, 3.8) is 0 Å². The van der Waals surface area contributed by atoms with Gasteiger partial charge in [0.05, 0.1) is 0 Å². The van der Waals surface area contributed by atoms with Gasteiger partial charge in [-0.3, -0.25) is 6.08 Å². The van der Waals surface area contributed by atoms with Gasteiger partial charge in [-0.25, -0.2) is 5.57 Å². The molecular formula is C31H60N3Zr-. The standard InChI is InChI=1S/C10H15.3C7H15N.Zr/c1-7-6-10(4,5)9(3)8(7)2;3*1-4-7-8(5-2)6-3;/h1-5H3;3*4H,1,5-7H2,2-3H3;/q-1;;;;. The zero-order chi connectivity index (χ0) is 27.2. The summed E-state index contributed by atoms with van der Waals surface area (Å²) in [6.45, 7) is 44.7. The third-order valence-corrected chi connectivity index (χ3v) is 6.41. The fourth-order valence-electron chi connectivity index (χ4n) is 3.40. The first-order valence-corrected chi connectivity index (χ1v) is 13.3. The molecule has 1 aliphatic rings. The van der Waals surface area contributed by atoms with E-state index >= 15 is 0 Å². The van der Waals surface area contributed by atoms with Crippen molar-refractivity contribution < 1.29 is 26.2 Å². The number of nitrogens with zero attached hydrogens (tertiary/aromatic N) is 3. The normalized spacial score (nSPS) is 13.5. The molecular weight excluding hydrogens is 506 g/mol. The van der Waals surface area contributed by atoms with Crippen LogP contribution in [-0.2, 0) is 26.2 Å². The topological polar surface area (TPSA) is 9.72 Å². The van der Waals surface area contributed by atoms with Crippen LogP contribution in [0.15, 0.2) is 54.7 Å². The molecule has 0 atom stereocenters. The molecule has 0 N–H and O–H groups in total. The van der Waals surface area contributed by atoms with Crippen molar-refractivity contribution in [3.05, 3.63) is 60.8 Å². The Labute approximate surface area is 241 Å². The Kier molecular flexibility index (Phi) is 31.5. The monoisotopic (exact) mass is 564 g/mol. The first-order valence-electron chi connectivity index (χ1n) is 13.3. The average Bonchev–Trinajstić information content (AvgIpc) is 3.01. The Hall–Kier alpha value is -0.537. The van der Waals surface area contributed by atoms with Crippen LogP contribution in [0.25, 0.3) is 0 Å². The number of hydrogen-bond acceptors (Lipinski definition) is 3. The van der Waals surface area contributed by atoms with Crippen molar-refractivity contribution in [3.8, 4) is 0 Å². The van der Waals surface area contributed by atoms with Gasteiger partial charge in [-0.05, 0) is 39.3 Å². The summed E-state index contributed by atoms with van der Waals surface area (Å²) in [5.74, 6) is 0. The third kappa shape index (κ3) is 21.3. The predicted octanol–water partition coefficient (Wildman–Crippen LogP) is 7.65. The largest absolute Gasteiger partial charge is 0.300 e. The molecule has 0 unspecified atom stereocenters. The van der Waals surface area contributed by atoms with Crippen LogP contribution in [0, 0.1) is 11.5 Å². The summed E-state index contributed by atoms with van der Waals surface area (Å²) in [5.41, 5.74) is 4.39. The van der Waals surface area contributed by atoms with Crippen LogP contribution < -0.4 is 0 Å². The fraction of sp³-hybridized carbons (Fsp3) is 0.677. The molecule has 0 aromatic heterocycles. The Morgan fingerprint density at radius 1 is 0.629 bits per heavy atom. The van der Waals surface area contributed by atoms with Crippen LogP contribution in [0.2, 0.25) is 0 Å². The molecule has 0 spiro atoms. The SMILES string of the molecule is C=CCN(CC)CC.C=CCN(CC)CC.C=CCN(CC)CC.CC1=[C-]C(C)(C)C(C)=C1C.[Zr]. The van der Waals surface area contributed by atoms with E-state index in [2.05, 4.69) is 117 Å². The molecule has 3 nitrogen and oxygen atoms in total. The van der Waals surface area contributed by atoms with Gasteiger partial charge < -0.3 is 14.7 Å².